The van der Waals surface area contributed by atoms with Crippen LogP contribution in [0.5, 0.6) is 11.5 Å². The van der Waals surface area contributed by atoms with Crippen molar-refractivity contribution >= 4 is 29.4 Å². The van der Waals surface area contributed by atoms with Gasteiger partial charge >= 0.3 is 0 Å². The minimum Gasteiger partial charge on any atom is -0.497 e. The van der Waals surface area contributed by atoms with Crippen LogP contribution in [0.1, 0.15) is 29.7 Å². The molecule has 0 aliphatic heterocycles. The average Bonchev–Trinajstić information content (AvgIpc) is 2.76. The molecule has 1 unspecified atom stereocenters. The van der Waals surface area contributed by atoms with Gasteiger partial charge in [0.05, 0.1) is 13.7 Å². The van der Waals surface area contributed by atoms with Crippen molar-refractivity contribution in [2.75, 3.05) is 20.3 Å². The molecule has 0 aromatic heterocycles. The molecule has 1 atom stereocenters. The number of amides is 2. The predicted molar refractivity (Wildman–Crippen MR) is 116 cm³/mol. The molecule has 32 heavy (non-hydrogen) atoms. The largest absolute Gasteiger partial charge is 0.497 e. The van der Waals surface area contributed by atoms with E-state index < -0.39 is 30.3 Å². The summed E-state index contributed by atoms with van der Waals surface area (Å²) in [6.07, 6.45) is -1.30. The van der Waals surface area contributed by atoms with E-state index in [2.05, 4.69) is 0 Å². The maximum atomic E-state index is 14.6. The lowest BCUT2D eigenvalue weighted by Gasteiger charge is -2.23. The Hall–Kier alpha value is -3.37. The molecule has 0 saturated carbocycles. The SMILES string of the molecule is CCOC(C(=O)N(Cl)Cc1ccc(C(=N)N)cc1OCC(N)=O)c1ccc(OC)cc1F. The van der Waals surface area contributed by atoms with Crippen molar-refractivity contribution in [3.8, 4) is 11.5 Å². The van der Waals surface area contributed by atoms with E-state index in [4.69, 9.17) is 42.9 Å². The van der Waals surface area contributed by atoms with Crippen LogP contribution in [0, 0.1) is 11.2 Å². The average molecular weight is 467 g/mol. The molecule has 5 N–H and O–H groups in total. The number of nitrogens with two attached hydrogens (primary N) is 2. The quantitative estimate of drug-likeness (QED) is 0.263. The molecule has 2 rings (SSSR count). The van der Waals surface area contributed by atoms with Crippen LogP contribution in [0.3, 0.4) is 0 Å². The number of carbonyl (C=O) groups is 2. The number of primary amides is 1. The van der Waals surface area contributed by atoms with Crippen LogP contribution in [0.2, 0.25) is 0 Å². The second kappa shape index (κ2) is 11.3. The third-order valence-electron chi connectivity index (χ3n) is 4.34. The van der Waals surface area contributed by atoms with Gasteiger partial charge in [0.2, 0.25) is 0 Å². The standard InChI is InChI=1S/C21H24ClFN4O5/c1-3-31-19(15-7-6-14(30-2)9-16(15)23)21(29)27(22)10-13-5-4-12(20(25)26)8-17(13)32-11-18(24)28/h4-9,19H,3,10-11H2,1-2H3,(H2,24,28)(H3,25,26). The van der Waals surface area contributed by atoms with Crippen molar-refractivity contribution in [2.24, 2.45) is 11.5 Å². The summed E-state index contributed by atoms with van der Waals surface area (Å²) in [4.78, 5) is 24.1. The fourth-order valence-electron chi connectivity index (χ4n) is 2.80. The van der Waals surface area contributed by atoms with E-state index in [1.807, 2.05) is 0 Å². The third-order valence-corrected chi connectivity index (χ3v) is 4.63. The molecule has 0 spiro atoms. The predicted octanol–water partition coefficient (Wildman–Crippen LogP) is 2.24. The summed E-state index contributed by atoms with van der Waals surface area (Å²) in [6, 6.07) is 8.54. The summed E-state index contributed by atoms with van der Waals surface area (Å²) in [5.41, 5.74) is 11.4. The number of methoxy groups -OCH3 is 1. The monoisotopic (exact) mass is 466 g/mol. The fourth-order valence-corrected chi connectivity index (χ4v) is 3.02. The van der Waals surface area contributed by atoms with Crippen LogP contribution >= 0.6 is 11.8 Å². The number of nitrogen functional groups attached to an aromatic ring is 1. The lowest BCUT2D eigenvalue weighted by molar-refractivity contribution is -0.139. The van der Waals surface area contributed by atoms with E-state index in [0.717, 1.165) is 10.5 Å². The van der Waals surface area contributed by atoms with Crippen molar-refractivity contribution < 1.29 is 28.2 Å². The van der Waals surface area contributed by atoms with Crippen LogP contribution in [0.4, 0.5) is 4.39 Å². The van der Waals surface area contributed by atoms with Crippen LogP contribution < -0.4 is 20.9 Å². The summed E-state index contributed by atoms with van der Waals surface area (Å²) in [5, 5.41) is 7.55. The lowest BCUT2D eigenvalue weighted by atomic mass is 10.1. The molecule has 2 aromatic rings. The van der Waals surface area contributed by atoms with Gasteiger partial charge < -0.3 is 25.7 Å². The number of nitrogens with one attached hydrogen (secondary N) is 1. The van der Waals surface area contributed by atoms with Gasteiger partial charge in [0, 0.05) is 41.1 Å². The van der Waals surface area contributed by atoms with Crippen molar-refractivity contribution in [1.29, 1.82) is 5.41 Å². The summed E-state index contributed by atoms with van der Waals surface area (Å²) in [7, 11) is 1.40. The van der Waals surface area contributed by atoms with Gasteiger partial charge in [0.25, 0.3) is 11.8 Å². The molecule has 0 saturated heterocycles. The Morgan fingerprint density at radius 2 is 1.94 bits per heavy atom. The first-order valence-electron chi connectivity index (χ1n) is 9.48. The summed E-state index contributed by atoms with van der Waals surface area (Å²) < 4.78 is 31.2. The lowest BCUT2D eigenvalue weighted by Crippen LogP contribution is -2.30. The number of ether oxygens (including phenoxy) is 3. The maximum absolute atomic E-state index is 14.6. The molecule has 0 aliphatic rings. The number of hydrogen-bond donors (Lipinski definition) is 3. The molecule has 11 heteroatoms. The Labute approximate surface area is 189 Å². The van der Waals surface area contributed by atoms with Crippen molar-refractivity contribution in [3.63, 3.8) is 0 Å². The second-order valence-corrected chi connectivity index (χ2v) is 6.98. The Kier molecular flexibility index (Phi) is 8.80. The molecular formula is C21H24ClFN4O5. The van der Waals surface area contributed by atoms with E-state index in [1.54, 1.807) is 13.0 Å². The molecule has 0 aliphatic carbocycles. The smallest absolute Gasteiger partial charge is 0.271 e. The van der Waals surface area contributed by atoms with Crippen molar-refractivity contribution in [1.82, 2.24) is 4.42 Å². The number of carbonyl (C=O) groups excluding carboxylic acids is 2. The molecule has 0 heterocycles. The summed E-state index contributed by atoms with van der Waals surface area (Å²) in [5.74, 6) is -1.87. The Balaban J connectivity index is 2.30. The molecule has 0 radical (unpaired) electrons. The second-order valence-electron chi connectivity index (χ2n) is 6.57. The summed E-state index contributed by atoms with van der Waals surface area (Å²) in [6.45, 7) is 1.20. The van der Waals surface area contributed by atoms with Crippen LogP contribution in [-0.2, 0) is 20.9 Å². The summed E-state index contributed by atoms with van der Waals surface area (Å²) >= 11 is 6.24. The minimum absolute atomic E-state index is 0.000398. The van der Waals surface area contributed by atoms with Crippen LogP contribution in [0.25, 0.3) is 0 Å². The molecule has 2 aromatic carbocycles. The van der Waals surface area contributed by atoms with E-state index in [1.165, 1.54) is 31.4 Å². The van der Waals surface area contributed by atoms with Crippen LogP contribution in [0.15, 0.2) is 36.4 Å². The maximum Gasteiger partial charge on any atom is 0.271 e. The van der Waals surface area contributed by atoms with Gasteiger partial charge in [0.1, 0.15) is 23.2 Å². The number of hydrogen-bond acceptors (Lipinski definition) is 6. The normalized spacial score (nSPS) is 11.5. The molecule has 172 valence electrons. The van der Waals surface area contributed by atoms with Crippen molar-refractivity contribution in [3.05, 3.63) is 58.9 Å². The highest BCUT2D eigenvalue weighted by Gasteiger charge is 2.29. The Morgan fingerprint density at radius 1 is 1.22 bits per heavy atom. The van der Waals surface area contributed by atoms with E-state index in [-0.39, 0.29) is 30.3 Å². The van der Waals surface area contributed by atoms with E-state index >= 15 is 0 Å². The third kappa shape index (κ3) is 6.32. The number of amidine groups is 1. The van der Waals surface area contributed by atoms with Crippen molar-refractivity contribution in [2.45, 2.75) is 19.6 Å². The number of halogens is 2. The van der Waals surface area contributed by atoms with Gasteiger partial charge in [-0.2, -0.15) is 0 Å². The van der Waals surface area contributed by atoms with E-state index in [9.17, 15) is 14.0 Å². The zero-order valence-corrected chi connectivity index (χ0v) is 18.3. The van der Waals surface area contributed by atoms with Crippen LogP contribution in [-0.4, -0.2) is 42.4 Å². The molecular weight excluding hydrogens is 443 g/mol. The van der Waals surface area contributed by atoms with E-state index in [0.29, 0.717) is 16.9 Å². The van der Waals surface area contributed by atoms with Gasteiger partial charge in [-0.25, -0.2) is 8.81 Å². The molecule has 9 nitrogen and oxygen atoms in total. The number of nitrogens with zero attached hydrogens (tertiary/aromatic N) is 1. The molecule has 0 bridgehead atoms. The van der Waals surface area contributed by atoms with Gasteiger partial charge in [-0.1, -0.05) is 12.1 Å². The number of rotatable bonds is 11. The Bertz CT molecular complexity index is 1000. The highest BCUT2D eigenvalue weighted by Crippen LogP contribution is 2.29. The zero-order chi connectivity index (χ0) is 23.8. The van der Waals surface area contributed by atoms with Gasteiger partial charge in [-0.15, -0.1) is 0 Å². The minimum atomic E-state index is -1.30. The first-order chi connectivity index (χ1) is 15.2. The Morgan fingerprint density at radius 3 is 2.50 bits per heavy atom. The number of benzene rings is 2. The highest BCUT2D eigenvalue weighted by atomic mass is 35.5. The van der Waals surface area contributed by atoms with Gasteiger partial charge in [-0.3, -0.25) is 15.0 Å². The highest BCUT2D eigenvalue weighted by molar-refractivity contribution is 6.21. The first kappa shape index (κ1) is 24.9. The van der Waals surface area contributed by atoms with Gasteiger partial charge in [0.15, 0.2) is 12.7 Å². The fraction of sp³-hybridized carbons (Fsp3) is 0.286. The molecule has 2 amide bonds. The molecule has 0 fully saturated rings. The first-order valence-corrected chi connectivity index (χ1v) is 9.82. The van der Waals surface area contributed by atoms with Gasteiger partial charge in [-0.05, 0) is 25.1 Å². The zero-order valence-electron chi connectivity index (χ0n) is 17.6. The topological polar surface area (TPSA) is 141 Å².